The van der Waals surface area contributed by atoms with Crippen molar-refractivity contribution >= 4 is 5.91 Å². The van der Waals surface area contributed by atoms with Gasteiger partial charge in [0.15, 0.2) is 0 Å². The molecule has 1 atom stereocenters. The molecule has 1 saturated heterocycles. The Labute approximate surface area is 143 Å². The van der Waals surface area contributed by atoms with E-state index in [0.717, 1.165) is 43.1 Å². The minimum Gasteiger partial charge on any atom is -0.441 e. The summed E-state index contributed by atoms with van der Waals surface area (Å²) in [6, 6.07) is 9.79. The van der Waals surface area contributed by atoms with Crippen LogP contribution in [0.15, 0.2) is 34.7 Å². The molecule has 0 saturated carbocycles. The molecule has 1 amide bonds. The zero-order valence-electron chi connectivity index (χ0n) is 14.4. The van der Waals surface area contributed by atoms with Gasteiger partial charge in [0, 0.05) is 18.7 Å². The van der Waals surface area contributed by atoms with E-state index in [1.807, 2.05) is 49.2 Å². The Bertz CT molecular complexity index is 679. The van der Waals surface area contributed by atoms with E-state index in [1.165, 1.54) is 6.42 Å². The molecule has 0 radical (unpaired) electrons. The summed E-state index contributed by atoms with van der Waals surface area (Å²) in [7, 11) is 1.96. The standard InChI is InChI=1S/C19H25N3O2/c1-14-17(21-19(24-14)16-8-4-3-5-9-16)11-18(23)22-10-6-7-15(13-22)12-20-2/h3-5,8-9,15,20H,6-7,10-13H2,1-2H3. The van der Waals surface area contributed by atoms with E-state index in [9.17, 15) is 4.79 Å². The Morgan fingerprint density at radius 3 is 2.92 bits per heavy atom. The molecule has 1 aliphatic rings. The van der Waals surface area contributed by atoms with E-state index in [-0.39, 0.29) is 5.91 Å². The van der Waals surface area contributed by atoms with Crippen molar-refractivity contribution in [1.29, 1.82) is 0 Å². The fourth-order valence-corrected chi connectivity index (χ4v) is 3.30. The molecule has 0 bridgehead atoms. The molecular weight excluding hydrogens is 302 g/mol. The monoisotopic (exact) mass is 327 g/mol. The highest BCUT2D eigenvalue weighted by Crippen LogP contribution is 2.23. The van der Waals surface area contributed by atoms with Crippen LogP contribution in [-0.4, -0.2) is 42.5 Å². The lowest BCUT2D eigenvalue weighted by molar-refractivity contribution is -0.132. The Balaban J connectivity index is 1.67. The predicted molar refractivity (Wildman–Crippen MR) is 93.6 cm³/mol. The van der Waals surface area contributed by atoms with Crippen LogP contribution in [0, 0.1) is 12.8 Å². The number of benzene rings is 1. The maximum atomic E-state index is 12.6. The average molecular weight is 327 g/mol. The zero-order chi connectivity index (χ0) is 16.9. The van der Waals surface area contributed by atoms with Crippen molar-refractivity contribution in [3.63, 3.8) is 0 Å². The first-order chi connectivity index (χ1) is 11.7. The van der Waals surface area contributed by atoms with Gasteiger partial charge in [0.2, 0.25) is 11.8 Å². The number of hydrogen-bond acceptors (Lipinski definition) is 4. The number of carbonyl (C=O) groups excluding carboxylic acids is 1. The van der Waals surface area contributed by atoms with Gasteiger partial charge in [-0.2, -0.15) is 0 Å². The van der Waals surface area contributed by atoms with Crippen molar-refractivity contribution in [1.82, 2.24) is 15.2 Å². The summed E-state index contributed by atoms with van der Waals surface area (Å²) >= 11 is 0. The summed E-state index contributed by atoms with van der Waals surface area (Å²) in [4.78, 5) is 19.2. The summed E-state index contributed by atoms with van der Waals surface area (Å²) in [5.41, 5.74) is 1.68. The van der Waals surface area contributed by atoms with Crippen molar-refractivity contribution in [2.75, 3.05) is 26.7 Å². The number of likely N-dealkylation sites (tertiary alicyclic amines) is 1. The van der Waals surface area contributed by atoms with E-state index in [2.05, 4.69) is 10.3 Å². The lowest BCUT2D eigenvalue weighted by Gasteiger charge is -2.32. The molecular formula is C19H25N3O2. The molecule has 5 nitrogen and oxygen atoms in total. The first-order valence-electron chi connectivity index (χ1n) is 8.61. The normalized spacial score (nSPS) is 17.9. The molecule has 5 heteroatoms. The van der Waals surface area contributed by atoms with E-state index in [4.69, 9.17) is 4.42 Å². The van der Waals surface area contributed by atoms with Crippen LogP contribution in [0.4, 0.5) is 0 Å². The van der Waals surface area contributed by atoms with E-state index in [0.29, 0.717) is 18.2 Å². The van der Waals surface area contributed by atoms with Gasteiger partial charge in [0.25, 0.3) is 0 Å². The number of nitrogens with one attached hydrogen (secondary N) is 1. The maximum Gasteiger partial charge on any atom is 0.228 e. The molecule has 1 aromatic carbocycles. The van der Waals surface area contributed by atoms with Crippen molar-refractivity contribution in [3.05, 3.63) is 41.8 Å². The SMILES string of the molecule is CNCC1CCCN(C(=O)Cc2nc(-c3ccccc3)oc2C)C1. The smallest absolute Gasteiger partial charge is 0.228 e. The van der Waals surface area contributed by atoms with Gasteiger partial charge in [-0.05, 0) is 51.4 Å². The second kappa shape index (κ2) is 7.62. The van der Waals surface area contributed by atoms with Crippen LogP contribution in [-0.2, 0) is 11.2 Å². The summed E-state index contributed by atoms with van der Waals surface area (Å²) < 4.78 is 5.76. The van der Waals surface area contributed by atoms with Gasteiger partial charge >= 0.3 is 0 Å². The van der Waals surface area contributed by atoms with E-state index in [1.54, 1.807) is 0 Å². The van der Waals surface area contributed by atoms with Gasteiger partial charge in [-0.3, -0.25) is 4.79 Å². The minimum atomic E-state index is 0.145. The third-order valence-electron chi connectivity index (χ3n) is 4.60. The fraction of sp³-hybridized carbons (Fsp3) is 0.474. The van der Waals surface area contributed by atoms with Crippen molar-refractivity contribution in [2.24, 2.45) is 5.92 Å². The molecule has 128 valence electrons. The van der Waals surface area contributed by atoms with Crippen LogP contribution < -0.4 is 5.32 Å². The molecule has 1 N–H and O–H groups in total. The largest absolute Gasteiger partial charge is 0.441 e. The van der Waals surface area contributed by atoms with Crippen molar-refractivity contribution < 1.29 is 9.21 Å². The Hall–Kier alpha value is -2.14. The number of amides is 1. The van der Waals surface area contributed by atoms with Crippen molar-refractivity contribution in [3.8, 4) is 11.5 Å². The number of hydrogen-bond donors (Lipinski definition) is 1. The number of carbonyl (C=O) groups is 1. The fourth-order valence-electron chi connectivity index (χ4n) is 3.30. The lowest BCUT2D eigenvalue weighted by atomic mass is 9.97. The third-order valence-corrected chi connectivity index (χ3v) is 4.60. The highest BCUT2D eigenvalue weighted by Gasteiger charge is 2.24. The molecule has 24 heavy (non-hydrogen) atoms. The summed E-state index contributed by atoms with van der Waals surface area (Å²) in [6.45, 7) is 4.52. The average Bonchev–Trinajstić information content (AvgIpc) is 2.97. The molecule has 1 unspecified atom stereocenters. The predicted octanol–water partition coefficient (Wildman–Crippen LogP) is 2.65. The second-order valence-corrected chi connectivity index (χ2v) is 6.47. The number of oxazole rings is 1. The number of aromatic nitrogens is 1. The van der Waals surface area contributed by atoms with Crippen LogP contribution in [0.3, 0.4) is 0 Å². The minimum absolute atomic E-state index is 0.145. The molecule has 2 aromatic rings. The van der Waals surface area contributed by atoms with E-state index < -0.39 is 0 Å². The van der Waals surface area contributed by atoms with Crippen LogP contribution in [0.2, 0.25) is 0 Å². The Morgan fingerprint density at radius 2 is 2.17 bits per heavy atom. The quantitative estimate of drug-likeness (QED) is 0.917. The number of nitrogens with zero attached hydrogens (tertiary/aromatic N) is 2. The van der Waals surface area contributed by atoms with Gasteiger partial charge in [0.1, 0.15) is 5.76 Å². The topological polar surface area (TPSA) is 58.4 Å². The van der Waals surface area contributed by atoms with Crippen LogP contribution in [0.5, 0.6) is 0 Å². The molecule has 1 aliphatic heterocycles. The van der Waals surface area contributed by atoms with Gasteiger partial charge in [-0.25, -0.2) is 4.98 Å². The lowest BCUT2D eigenvalue weighted by Crippen LogP contribution is -2.43. The highest BCUT2D eigenvalue weighted by atomic mass is 16.4. The molecule has 0 aliphatic carbocycles. The summed E-state index contributed by atoms with van der Waals surface area (Å²) in [6.07, 6.45) is 2.57. The van der Waals surface area contributed by atoms with Gasteiger partial charge in [-0.1, -0.05) is 18.2 Å². The van der Waals surface area contributed by atoms with Crippen molar-refractivity contribution in [2.45, 2.75) is 26.2 Å². The first-order valence-corrected chi connectivity index (χ1v) is 8.61. The van der Waals surface area contributed by atoms with Gasteiger partial charge in [-0.15, -0.1) is 0 Å². The number of aryl methyl sites for hydroxylation is 1. The van der Waals surface area contributed by atoms with Crippen LogP contribution in [0.1, 0.15) is 24.3 Å². The molecule has 0 spiro atoms. The number of piperidine rings is 1. The van der Waals surface area contributed by atoms with Gasteiger partial charge in [0.05, 0.1) is 12.1 Å². The Kier molecular flexibility index (Phi) is 5.30. The van der Waals surface area contributed by atoms with E-state index >= 15 is 0 Å². The number of rotatable bonds is 5. The summed E-state index contributed by atoms with van der Waals surface area (Å²) in [5.74, 6) is 2.01. The maximum absolute atomic E-state index is 12.6. The Morgan fingerprint density at radius 1 is 1.38 bits per heavy atom. The zero-order valence-corrected chi connectivity index (χ0v) is 14.4. The third kappa shape index (κ3) is 3.85. The van der Waals surface area contributed by atoms with Crippen LogP contribution in [0.25, 0.3) is 11.5 Å². The van der Waals surface area contributed by atoms with Crippen LogP contribution >= 0.6 is 0 Å². The second-order valence-electron chi connectivity index (χ2n) is 6.47. The first kappa shape index (κ1) is 16.7. The molecule has 1 aromatic heterocycles. The molecule has 2 heterocycles. The summed E-state index contributed by atoms with van der Waals surface area (Å²) in [5, 5.41) is 3.21. The highest BCUT2D eigenvalue weighted by molar-refractivity contribution is 5.78. The molecule has 3 rings (SSSR count). The molecule has 1 fully saturated rings. The van der Waals surface area contributed by atoms with Gasteiger partial charge < -0.3 is 14.6 Å².